The van der Waals surface area contributed by atoms with Crippen molar-refractivity contribution in [3.63, 3.8) is 0 Å². The number of hydrogen-bond acceptors (Lipinski definition) is 11. The molecule has 8 N–H and O–H groups in total. The summed E-state index contributed by atoms with van der Waals surface area (Å²) in [4.78, 5) is 60.6. The number of halogens is 1. The van der Waals surface area contributed by atoms with Crippen LogP contribution in [0.2, 0.25) is 0 Å². The van der Waals surface area contributed by atoms with Gasteiger partial charge in [-0.1, -0.05) is 0 Å². The summed E-state index contributed by atoms with van der Waals surface area (Å²) in [6.07, 6.45) is -2.06. The fourth-order valence-electron chi connectivity index (χ4n) is 2.28. The number of aromatic nitrogens is 2. The van der Waals surface area contributed by atoms with Gasteiger partial charge >= 0.3 is 29.2 Å². The van der Waals surface area contributed by atoms with Gasteiger partial charge in [0.15, 0.2) is 0 Å². The average Bonchev–Trinajstić information content (AvgIpc) is 2.74. The Morgan fingerprint density at radius 2 is 1.80 bits per heavy atom. The van der Waals surface area contributed by atoms with Crippen molar-refractivity contribution in [2.45, 2.75) is 22.0 Å². The highest BCUT2D eigenvalue weighted by atomic mass is 127. The van der Waals surface area contributed by atoms with Crippen molar-refractivity contribution in [3.8, 4) is 0 Å². The molecule has 1 aliphatic heterocycles. The number of hydrogen-bond donors (Lipinski definition) is 7. The lowest BCUT2D eigenvalue weighted by Crippen LogP contribution is -2.51. The Morgan fingerprint density at radius 1 is 1.20 bits per heavy atom. The van der Waals surface area contributed by atoms with E-state index in [-0.39, 0.29) is 0 Å². The fraction of sp³-hybridized carbons (Fsp3) is 0.556. The summed E-state index contributed by atoms with van der Waals surface area (Å²) in [5.41, 5.74) is 4.20. The molecule has 2 heterocycles. The molecule has 0 amide bonds. The van der Waals surface area contributed by atoms with Crippen molar-refractivity contribution in [1.29, 1.82) is 0 Å². The molecule has 1 fully saturated rings. The number of nitrogens with two attached hydrogens (primary N) is 1. The highest BCUT2D eigenvalue weighted by molar-refractivity contribution is 14.1. The minimum absolute atomic E-state index is 0.715. The van der Waals surface area contributed by atoms with Crippen LogP contribution in [0.1, 0.15) is 0 Å². The number of H-pyrrole nitrogens is 1. The van der Waals surface area contributed by atoms with E-state index in [0.717, 1.165) is 16.8 Å². The van der Waals surface area contributed by atoms with Crippen molar-refractivity contribution in [2.75, 3.05) is 6.61 Å². The minimum atomic E-state index is -5.72. The van der Waals surface area contributed by atoms with E-state index in [1.54, 1.807) is 22.6 Å². The second kappa shape index (κ2) is 8.92. The number of aromatic amines is 1. The zero-order valence-electron chi connectivity index (χ0n) is 14.2. The summed E-state index contributed by atoms with van der Waals surface area (Å²) in [6.45, 7) is -0.985. The maximum absolute atomic E-state index is 12.0. The number of aliphatic hydroxyl groups excluding tert-OH is 1. The standard InChI is InChI=1S/C9H15IN3O14P3/c10-9(13-2-1-5(14)12-8(13)16)7(11)6(15)4(25-9)3-24-29(20,21)27-30(22,23)26-28(17,18)19/h1-2,4,6-7,15H,3,11H2,(H,20,21)(H,22,23)(H,12,14,16)(H2,17,18,19)/t4-,6-,7-,9+/m1/s1. The molecule has 1 aromatic rings. The largest absolute Gasteiger partial charge is 0.490 e. The van der Waals surface area contributed by atoms with Crippen LogP contribution in [0.15, 0.2) is 21.9 Å². The van der Waals surface area contributed by atoms with E-state index in [4.69, 9.17) is 25.2 Å². The summed E-state index contributed by atoms with van der Waals surface area (Å²) in [5.74, 6) is 0. The van der Waals surface area contributed by atoms with Crippen LogP contribution in [0, 0.1) is 0 Å². The quantitative estimate of drug-likeness (QED) is 0.0956. The summed E-state index contributed by atoms with van der Waals surface area (Å²) in [6, 6.07) is -0.347. The van der Waals surface area contributed by atoms with Crippen LogP contribution in [-0.2, 0) is 35.3 Å². The number of phosphoric ester groups is 1. The van der Waals surface area contributed by atoms with Crippen LogP contribution >= 0.6 is 46.1 Å². The van der Waals surface area contributed by atoms with Crippen molar-refractivity contribution < 1.29 is 56.3 Å². The third kappa shape index (κ3) is 6.36. The summed E-state index contributed by atoms with van der Waals surface area (Å²) < 4.78 is 49.6. The van der Waals surface area contributed by atoms with Gasteiger partial charge in [-0.3, -0.25) is 18.9 Å². The summed E-state index contributed by atoms with van der Waals surface area (Å²) in [5, 5.41) is 10.2. The molecule has 0 spiro atoms. The van der Waals surface area contributed by atoms with Gasteiger partial charge < -0.3 is 35.2 Å². The lowest BCUT2D eigenvalue weighted by molar-refractivity contribution is -0.0553. The predicted octanol–water partition coefficient (Wildman–Crippen LogP) is -1.99. The number of rotatable bonds is 8. The van der Waals surface area contributed by atoms with Crippen LogP contribution in [0.5, 0.6) is 0 Å². The Kier molecular flexibility index (Phi) is 7.71. The van der Waals surface area contributed by atoms with Gasteiger partial charge in [-0.05, 0) is 22.6 Å². The second-order valence-electron chi connectivity index (χ2n) is 5.65. The highest BCUT2D eigenvalue weighted by Crippen LogP contribution is 2.66. The molecular weight excluding hydrogens is 594 g/mol. The van der Waals surface area contributed by atoms with E-state index in [9.17, 15) is 33.3 Å². The van der Waals surface area contributed by atoms with Crippen molar-refractivity contribution in [3.05, 3.63) is 33.1 Å². The molecule has 2 rings (SSSR count). The molecule has 1 saturated heterocycles. The van der Waals surface area contributed by atoms with Crippen LogP contribution in [-0.4, -0.2) is 59.1 Å². The van der Waals surface area contributed by atoms with Crippen LogP contribution in [0.4, 0.5) is 0 Å². The maximum Gasteiger partial charge on any atom is 0.490 e. The molecule has 21 heteroatoms. The number of ether oxygens (including phenoxy) is 1. The zero-order chi connectivity index (χ0) is 23.1. The SMILES string of the molecule is N[C@@H]1[C@H](O)[C@@H](COP(=O)(O)OP(=O)(O)OP(=O)(O)O)O[C@@]1(I)n1ccc(=O)[nH]c1=O. The van der Waals surface area contributed by atoms with E-state index < -0.39 is 63.3 Å². The lowest BCUT2D eigenvalue weighted by Gasteiger charge is -2.28. The van der Waals surface area contributed by atoms with Crippen molar-refractivity contribution >= 4 is 46.1 Å². The molecule has 30 heavy (non-hydrogen) atoms. The summed E-state index contributed by atoms with van der Waals surface area (Å²) >= 11 is 1.55. The van der Waals surface area contributed by atoms with E-state index >= 15 is 0 Å². The van der Waals surface area contributed by atoms with Gasteiger partial charge in [-0.2, -0.15) is 8.62 Å². The monoisotopic (exact) mass is 609 g/mol. The molecule has 0 radical (unpaired) electrons. The predicted molar refractivity (Wildman–Crippen MR) is 102 cm³/mol. The van der Waals surface area contributed by atoms with Gasteiger partial charge in [0.25, 0.3) is 5.56 Å². The third-order valence-electron chi connectivity index (χ3n) is 3.45. The van der Waals surface area contributed by atoms with E-state index in [2.05, 4.69) is 13.1 Å². The number of aliphatic hydroxyl groups is 1. The Bertz CT molecular complexity index is 1050. The summed E-state index contributed by atoms with van der Waals surface area (Å²) in [7, 11) is -16.7. The smallest absolute Gasteiger partial charge is 0.388 e. The Balaban J connectivity index is 2.13. The van der Waals surface area contributed by atoms with Gasteiger partial charge in [0.05, 0.1) is 12.6 Å². The fourth-order valence-corrected chi connectivity index (χ4v) is 6.39. The Hall–Kier alpha value is -0.300. The third-order valence-corrected chi connectivity index (χ3v) is 8.74. The zero-order valence-corrected chi connectivity index (χ0v) is 19.1. The number of nitrogens with one attached hydrogen (secondary N) is 1. The van der Waals surface area contributed by atoms with E-state index in [1.165, 1.54) is 0 Å². The van der Waals surface area contributed by atoms with Crippen molar-refractivity contribution in [1.82, 2.24) is 9.55 Å². The number of nitrogens with zero attached hydrogens (tertiary/aromatic N) is 1. The molecule has 1 aromatic heterocycles. The first-order chi connectivity index (χ1) is 13.5. The molecule has 172 valence electrons. The maximum atomic E-state index is 12.0. The first kappa shape index (κ1) is 26.0. The first-order valence-electron chi connectivity index (χ1n) is 7.37. The van der Waals surface area contributed by atoms with Gasteiger partial charge in [0, 0.05) is 12.3 Å². The first-order valence-corrected chi connectivity index (χ1v) is 13.0. The van der Waals surface area contributed by atoms with E-state index in [1.807, 2.05) is 4.98 Å². The van der Waals surface area contributed by atoms with Gasteiger partial charge in [-0.25, -0.2) is 18.5 Å². The topological polar surface area (TPSA) is 270 Å². The van der Waals surface area contributed by atoms with Crippen molar-refractivity contribution in [2.24, 2.45) is 5.73 Å². The minimum Gasteiger partial charge on any atom is -0.388 e. The highest BCUT2D eigenvalue weighted by Gasteiger charge is 2.54. The molecule has 1 aliphatic rings. The molecular formula is C9H15IN3O14P3. The van der Waals surface area contributed by atoms with Crippen LogP contribution in [0.25, 0.3) is 0 Å². The molecule has 0 saturated carbocycles. The normalized spacial score (nSPS) is 31.2. The van der Waals surface area contributed by atoms with Gasteiger partial charge in [0.2, 0.25) is 3.73 Å². The van der Waals surface area contributed by atoms with Crippen LogP contribution < -0.4 is 17.0 Å². The van der Waals surface area contributed by atoms with Gasteiger partial charge in [0.1, 0.15) is 12.2 Å². The number of alkyl halides is 1. The second-order valence-corrected chi connectivity index (χ2v) is 11.6. The lowest BCUT2D eigenvalue weighted by atomic mass is 10.1. The molecule has 6 atom stereocenters. The Morgan fingerprint density at radius 3 is 2.33 bits per heavy atom. The molecule has 0 aromatic carbocycles. The molecule has 0 aliphatic carbocycles. The van der Waals surface area contributed by atoms with Gasteiger partial charge in [-0.15, -0.1) is 0 Å². The van der Waals surface area contributed by atoms with Crippen LogP contribution in [0.3, 0.4) is 0 Å². The number of phosphoric acid groups is 3. The Labute approximate surface area is 179 Å². The molecule has 2 unspecified atom stereocenters. The average molecular weight is 609 g/mol. The van der Waals surface area contributed by atoms with E-state index in [0.29, 0.717) is 0 Å². The molecule has 17 nitrogen and oxygen atoms in total. The molecule has 0 bridgehead atoms.